The third-order valence-corrected chi connectivity index (χ3v) is 9.22. The molecule has 0 aromatic heterocycles. The normalized spacial score (nSPS) is 12.5. The van der Waals surface area contributed by atoms with E-state index < -0.39 is 34.1 Å². The van der Waals surface area contributed by atoms with Crippen LogP contribution in [0.2, 0.25) is 15.1 Å². The van der Waals surface area contributed by atoms with Crippen LogP contribution in [0.1, 0.15) is 45.2 Å². The number of aryl methyl sites for hydroxylation is 1. The molecule has 0 aliphatic heterocycles. The fraction of sp³-hybridized carbons (Fsp3) is 0.333. The van der Waals surface area contributed by atoms with E-state index in [2.05, 4.69) is 5.32 Å². The van der Waals surface area contributed by atoms with Gasteiger partial charge in [-0.1, -0.05) is 83.7 Å². The number of halogens is 3. The fourth-order valence-electron chi connectivity index (χ4n) is 4.22. The maximum absolute atomic E-state index is 14.2. The third kappa shape index (κ3) is 8.16. The minimum absolute atomic E-state index is 0.0176. The molecule has 0 radical (unpaired) electrons. The second-order valence-corrected chi connectivity index (χ2v) is 13.7. The van der Waals surface area contributed by atoms with Crippen LogP contribution in [0.5, 0.6) is 0 Å². The number of nitrogens with one attached hydrogen (secondary N) is 1. The maximum atomic E-state index is 14.2. The second kappa shape index (κ2) is 13.5. The summed E-state index contributed by atoms with van der Waals surface area (Å²) in [6.07, 6.45) is 0.279. The summed E-state index contributed by atoms with van der Waals surface area (Å²) in [5.41, 5.74) is 0.962. The van der Waals surface area contributed by atoms with Gasteiger partial charge in [0.25, 0.3) is 10.0 Å². The Morgan fingerprint density at radius 1 is 0.902 bits per heavy atom. The van der Waals surface area contributed by atoms with Crippen molar-refractivity contribution in [3.05, 3.63) is 92.9 Å². The van der Waals surface area contributed by atoms with Crippen molar-refractivity contribution in [2.75, 3.05) is 10.8 Å². The lowest BCUT2D eigenvalue weighted by molar-refractivity contribution is -0.141. The lowest BCUT2D eigenvalue weighted by Crippen LogP contribution is -2.55. The van der Waals surface area contributed by atoms with Gasteiger partial charge in [0.1, 0.15) is 12.6 Å². The van der Waals surface area contributed by atoms with Crippen LogP contribution in [0, 0.1) is 6.92 Å². The van der Waals surface area contributed by atoms with Gasteiger partial charge in [-0.15, -0.1) is 0 Å². The number of rotatable bonds is 10. The molecule has 0 aliphatic rings. The van der Waals surface area contributed by atoms with E-state index in [1.807, 2.05) is 27.7 Å². The Bertz CT molecular complexity index is 1510. The fourth-order valence-corrected chi connectivity index (χ4v) is 6.29. The molecule has 11 heteroatoms. The molecule has 3 rings (SSSR count). The van der Waals surface area contributed by atoms with E-state index in [-0.39, 0.29) is 39.5 Å². The molecule has 0 unspecified atom stereocenters. The van der Waals surface area contributed by atoms with Gasteiger partial charge in [-0.2, -0.15) is 0 Å². The first kappa shape index (κ1) is 32.7. The van der Waals surface area contributed by atoms with Gasteiger partial charge in [0, 0.05) is 17.1 Å². The Labute approximate surface area is 257 Å². The first-order chi connectivity index (χ1) is 19.2. The standard InChI is InChI=1S/C30H34Cl3N3O4S/c1-6-25(29(38)34-30(3,4)5)35(18-21-10-7-8-11-23(21)31)27(37)19-36(26-13-9-12-24(32)28(26)33)41(39,40)22-16-14-20(2)15-17-22/h7-17,25H,6,18-19H2,1-5H3,(H,34,38)/t25-/m1/s1. The molecule has 41 heavy (non-hydrogen) atoms. The first-order valence-electron chi connectivity index (χ1n) is 13.0. The summed E-state index contributed by atoms with van der Waals surface area (Å²) in [5.74, 6) is -0.985. The van der Waals surface area contributed by atoms with Crippen LogP contribution >= 0.6 is 34.8 Å². The number of carbonyl (C=O) groups excluding carboxylic acids is 2. The van der Waals surface area contributed by atoms with E-state index in [9.17, 15) is 18.0 Å². The minimum Gasteiger partial charge on any atom is -0.350 e. The van der Waals surface area contributed by atoms with Crippen LogP contribution in [0.15, 0.2) is 71.6 Å². The predicted molar refractivity (Wildman–Crippen MR) is 166 cm³/mol. The van der Waals surface area contributed by atoms with Crippen LogP contribution in [0.25, 0.3) is 0 Å². The Morgan fingerprint density at radius 2 is 1.51 bits per heavy atom. The molecule has 0 saturated carbocycles. The average molecular weight is 639 g/mol. The van der Waals surface area contributed by atoms with Gasteiger partial charge in [0.15, 0.2) is 0 Å². The van der Waals surface area contributed by atoms with Crippen LogP contribution in [0.3, 0.4) is 0 Å². The van der Waals surface area contributed by atoms with E-state index in [4.69, 9.17) is 34.8 Å². The third-order valence-electron chi connectivity index (χ3n) is 6.27. The number of hydrogen-bond acceptors (Lipinski definition) is 4. The highest BCUT2D eigenvalue weighted by Crippen LogP contribution is 2.36. The summed E-state index contributed by atoms with van der Waals surface area (Å²) in [5, 5.41) is 3.46. The first-order valence-corrected chi connectivity index (χ1v) is 15.6. The van der Waals surface area contributed by atoms with Crippen molar-refractivity contribution in [1.82, 2.24) is 10.2 Å². The molecule has 2 amide bonds. The summed E-state index contributed by atoms with van der Waals surface area (Å²) in [7, 11) is -4.29. The zero-order valence-electron chi connectivity index (χ0n) is 23.6. The number of sulfonamides is 1. The number of benzene rings is 3. The van der Waals surface area contributed by atoms with Crippen molar-refractivity contribution in [1.29, 1.82) is 0 Å². The second-order valence-electron chi connectivity index (χ2n) is 10.7. The monoisotopic (exact) mass is 637 g/mol. The van der Waals surface area contributed by atoms with Gasteiger partial charge < -0.3 is 10.2 Å². The van der Waals surface area contributed by atoms with Gasteiger partial charge in [-0.25, -0.2) is 8.42 Å². The highest BCUT2D eigenvalue weighted by Gasteiger charge is 2.35. The molecule has 220 valence electrons. The molecule has 0 heterocycles. The van der Waals surface area contributed by atoms with Crippen molar-refractivity contribution in [3.63, 3.8) is 0 Å². The molecule has 0 saturated heterocycles. The van der Waals surface area contributed by atoms with E-state index >= 15 is 0 Å². The zero-order chi connectivity index (χ0) is 30.5. The number of hydrogen-bond donors (Lipinski definition) is 1. The summed E-state index contributed by atoms with van der Waals surface area (Å²) < 4.78 is 28.9. The Balaban J connectivity index is 2.13. The molecule has 3 aromatic carbocycles. The minimum atomic E-state index is -4.29. The van der Waals surface area contributed by atoms with Gasteiger partial charge in [0.2, 0.25) is 11.8 Å². The number of anilines is 1. The van der Waals surface area contributed by atoms with Gasteiger partial charge >= 0.3 is 0 Å². The van der Waals surface area contributed by atoms with E-state index in [1.165, 1.54) is 29.2 Å². The maximum Gasteiger partial charge on any atom is 0.264 e. The Kier molecular flexibility index (Phi) is 10.7. The SMILES string of the molecule is CC[C@H](C(=O)NC(C)(C)C)N(Cc1ccccc1Cl)C(=O)CN(c1cccc(Cl)c1Cl)S(=O)(=O)c1ccc(C)cc1. The highest BCUT2D eigenvalue weighted by atomic mass is 35.5. The Hall–Kier alpha value is -2.78. The smallest absolute Gasteiger partial charge is 0.264 e. The molecular weight excluding hydrogens is 605 g/mol. The summed E-state index contributed by atoms with van der Waals surface area (Å²) in [6.45, 7) is 8.50. The van der Waals surface area contributed by atoms with Crippen molar-refractivity contribution in [3.8, 4) is 0 Å². The molecule has 7 nitrogen and oxygen atoms in total. The molecular formula is C30H34Cl3N3O4S. The van der Waals surface area contributed by atoms with E-state index in [0.29, 0.717) is 10.6 Å². The van der Waals surface area contributed by atoms with Crippen molar-refractivity contribution >= 4 is 62.3 Å². The number of amides is 2. The topological polar surface area (TPSA) is 86.8 Å². The van der Waals surface area contributed by atoms with Crippen molar-refractivity contribution < 1.29 is 18.0 Å². The zero-order valence-corrected chi connectivity index (χ0v) is 26.7. The van der Waals surface area contributed by atoms with Gasteiger partial charge in [-0.05, 0) is 70.0 Å². The number of nitrogens with zero attached hydrogens (tertiary/aromatic N) is 2. The van der Waals surface area contributed by atoms with Gasteiger partial charge in [-0.3, -0.25) is 13.9 Å². The largest absolute Gasteiger partial charge is 0.350 e. The summed E-state index contributed by atoms with van der Waals surface area (Å²) in [4.78, 5) is 28.9. The van der Waals surface area contributed by atoms with Crippen LogP contribution in [-0.2, 0) is 26.2 Å². The molecule has 0 bridgehead atoms. The molecule has 0 fully saturated rings. The molecule has 1 N–H and O–H groups in total. The summed E-state index contributed by atoms with van der Waals surface area (Å²) in [6, 6.07) is 16.9. The van der Waals surface area contributed by atoms with Crippen LogP contribution in [-0.4, -0.2) is 43.3 Å². The van der Waals surface area contributed by atoms with Crippen LogP contribution < -0.4 is 9.62 Å². The molecule has 1 atom stereocenters. The van der Waals surface area contributed by atoms with Gasteiger partial charge in [0.05, 0.1) is 20.6 Å². The van der Waals surface area contributed by atoms with Crippen LogP contribution in [0.4, 0.5) is 5.69 Å². The summed E-state index contributed by atoms with van der Waals surface area (Å²) >= 11 is 19.2. The average Bonchev–Trinajstić information content (AvgIpc) is 2.89. The molecule has 0 aliphatic carbocycles. The highest BCUT2D eigenvalue weighted by molar-refractivity contribution is 7.92. The van der Waals surface area contributed by atoms with Crippen molar-refractivity contribution in [2.24, 2.45) is 0 Å². The van der Waals surface area contributed by atoms with E-state index in [0.717, 1.165) is 9.87 Å². The van der Waals surface area contributed by atoms with Crippen molar-refractivity contribution in [2.45, 2.75) is 64.1 Å². The molecule has 3 aromatic rings. The lowest BCUT2D eigenvalue weighted by atomic mass is 10.1. The predicted octanol–water partition coefficient (Wildman–Crippen LogP) is 6.87. The lowest BCUT2D eigenvalue weighted by Gasteiger charge is -2.35. The quantitative estimate of drug-likeness (QED) is 0.263. The molecule has 0 spiro atoms. The number of carbonyl (C=O) groups is 2. The van der Waals surface area contributed by atoms with E-state index in [1.54, 1.807) is 49.4 Å². The Morgan fingerprint density at radius 3 is 2.10 bits per heavy atom.